The van der Waals surface area contributed by atoms with E-state index in [-0.39, 0.29) is 11.8 Å². The lowest BCUT2D eigenvalue weighted by Crippen LogP contribution is -2.39. The number of rotatable bonds is 2. The summed E-state index contributed by atoms with van der Waals surface area (Å²) in [6, 6.07) is 2.01. The van der Waals surface area contributed by atoms with Gasteiger partial charge in [0.1, 0.15) is 11.4 Å². The molecule has 1 aliphatic rings. The molecule has 7 nitrogen and oxygen atoms in total. The van der Waals surface area contributed by atoms with Gasteiger partial charge in [0, 0.05) is 19.3 Å². The molecule has 0 aromatic carbocycles. The standard InChI is InChI=1S/C11H21NO2.C5H7N3O/c1-11(2,3)14-10(13)12-9-7-5-4-6-8-9;1-6-4-2-3-7-5(9)8-4/h9H,4-8H2,1-3H3,(H,12,13);2-3H,1H3,(H2,6,7,8,9). The predicted octanol–water partition coefficient (Wildman–Crippen LogP) is 2.66. The van der Waals surface area contributed by atoms with Crippen LogP contribution in [0, 0.1) is 0 Å². The Morgan fingerprint density at radius 3 is 2.43 bits per heavy atom. The third kappa shape index (κ3) is 8.85. The van der Waals surface area contributed by atoms with Crippen molar-refractivity contribution in [3.8, 4) is 0 Å². The van der Waals surface area contributed by atoms with Crippen molar-refractivity contribution in [3.63, 3.8) is 0 Å². The molecule has 3 N–H and O–H groups in total. The first-order valence-electron chi connectivity index (χ1n) is 8.03. The Labute approximate surface area is 137 Å². The van der Waals surface area contributed by atoms with E-state index in [9.17, 15) is 9.59 Å². The van der Waals surface area contributed by atoms with E-state index in [1.165, 1.54) is 25.5 Å². The maximum atomic E-state index is 11.4. The summed E-state index contributed by atoms with van der Waals surface area (Å²) in [6.45, 7) is 5.65. The van der Waals surface area contributed by atoms with Crippen LogP contribution in [0.15, 0.2) is 17.1 Å². The summed E-state index contributed by atoms with van der Waals surface area (Å²) in [5, 5.41) is 5.69. The largest absolute Gasteiger partial charge is 0.444 e. The number of H-pyrrole nitrogens is 1. The molecule has 1 aliphatic carbocycles. The molecule has 0 unspecified atom stereocenters. The average Bonchev–Trinajstić information content (AvgIpc) is 2.47. The quantitative estimate of drug-likeness (QED) is 0.777. The molecular formula is C16H28N4O3. The number of nitrogens with zero attached hydrogens (tertiary/aromatic N) is 1. The maximum Gasteiger partial charge on any atom is 0.407 e. The van der Waals surface area contributed by atoms with Crippen LogP contribution in [0.1, 0.15) is 52.9 Å². The first kappa shape index (κ1) is 19.0. The van der Waals surface area contributed by atoms with Gasteiger partial charge in [-0.2, -0.15) is 0 Å². The Morgan fingerprint density at radius 1 is 1.30 bits per heavy atom. The van der Waals surface area contributed by atoms with Crippen molar-refractivity contribution in [2.75, 3.05) is 12.4 Å². The molecule has 1 aromatic heterocycles. The molecular weight excluding hydrogens is 296 g/mol. The van der Waals surface area contributed by atoms with Crippen molar-refractivity contribution in [2.24, 2.45) is 0 Å². The fourth-order valence-corrected chi connectivity index (χ4v) is 2.24. The summed E-state index contributed by atoms with van der Waals surface area (Å²) in [4.78, 5) is 27.8. The van der Waals surface area contributed by atoms with Crippen LogP contribution in [0.4, 0.5) is 10.6 Å². The summed E-state index contributed by atoms with van der Waals surface area (Å²) in [6.07, 6.45) is 7.11. The van der Waals surface area contributed by atoms with Gasteiger partial charge < -0.3 is 15.4 Å². The lowest BCUT2D eigenvalue weighted by atomic mass is 9.96. The number of hydrogen-bond donors (Lipinski definition) is 3. The van der Waals surface area contributed by atoms with Gasteiger partial charge in [-0.05, 0) is 39.7 Å². The van der Waals surface area contributed by atoms with E-state index in [0.717, 1.165) is 12.8 Å². The zero-order chi connectivity index (χ0) is 17.3. The highest BCUT2D eigenvalue weighted by atomic mass is 16.6. The van der Waals surface area contributed by atoms with Crippen LogP contribution in [-0.2, 0) is 4.74 Å². The highest BCUT2D eigenvalue weighted by Gasteiger charge is 2.20. The molecule has 0 radical (unpaired) electrons. The van der Waals surface area contributed by atoms with Gasteiger partial charge in [-0.3, -0.25) is 4.98 Å². The van der Waals surface area contributed by atoms with E-state index in [2.05, 4.69) is 20.6 Å². The lowest BCUT2D eigenvalue weighted by Gasteiger charge is -2.25. The van der Waals surface area contributed by atoms with E-state index in [1.807, 2.05) is 20.8 Å². The van der Waals surface area contributed by atoms with Crippen molar-refractivity contribution in [1.29, 1.82) is 0 Å². The molecule has 1 amide bonds. The Morgan fingerprint density at radius 2 is 1.96 bits per heavy atom. The Kier molecular flexibility index (Phi) is 7.57. The maximum absolute atomic E-state index is 11.4. The summed E-state index contributed by atoms with van der Waals surface area (Å²) in [7, 11) is 1.73. The second-order valence-corrected chi connectivity index (χ2v) is 6.52. The summed E-state index contributed by atoms with van der Waals surface area (Å²) >= 11 is 0. The minimum absolute atomic E-state index is 0.274. The van der Waals surface area contributed by atoms with Crippen molar-refractivity contribution < 1.29 is 9.53 Å². The number of nitrogens with one attached hydrogen (secondary N) is 3. The van der Waals surface area contributed by atoms with Crippen molar-refractivity contribution >= 4 is 11.9 Å². The molecule has 7 heteroatoms. The van der Waals surface area contributed by atoms with Gasteiger partial charge >= 0.3 is 11.8 Å². The lowest BCUT2D eigenvalue weighted by molar-refractivity contribution is 0.0493. The predicted molar refractivity (Wildman–Crippen MR) is 90.6 cm³/mol. The van der Waals surface area contributed by atoms with Crippen LogP contribution < -0.4 is 16.3 Å². The first-order chi connectivity index (χ1) is 10.8. The number of anilines is 1. The minimum Gasteiger partial charge on any atom is -0.444 e. The van der Waals surface area contributed by atoms with Crippen LogP contribution in [-0.4, -0.2) is 34.8 Å². The fourth-order valence-electron chi connectivity index (χ4n) is 2.24. The number of carbonyl (C=O) groups excluding carboxylic acids is 1. The van der Waals surface area contributed by atoms with Crippen LogP contribution in [0.5, 0.6) is 0 Å². The van der Waals surface area contributed by atoms with Crippen LogP contribution in [0.2, 0.25) is 0 Å². The highest BCUT2D eigenvalue weighted by Crippen LogP contribution is 2.18. The molecule has 0 atom stereocenters. The van der Waals surface area contributed by atoms with Crippen LogP contribution >= 0.6 is 0 Å². The van der Waals surface area contributed by atoms with Gasteiger partial charge in [0.25, 0.3) is 0 Å². The Bertz CT molecular complexity index is 531. The molecule has 1 aromatic rings. The normalized spacial score (nSPS) is 15.1. The van der Waals surface area contributed by atoms with Crippen molar-refractivity contribution in [1.82, 2.24) is 15.3 Å². The van der Waals surface area contributed by atoms with Gasteiger partial charge in [0.2, 0.25) is 0 Å². The average molecular weight is 324 g/mol. The molecule has 2 rings (SSSR count). The number of carbonyl (C=O) groups is 1. The third-order valence-electron chi connectivity index (χ3n) is 3.27. The number of ether oxygens (including phenoxy) is 1. The molecule has 0 spiro atoms. The van der Waals surface area contributed by atoms with Gasteiger partial charge in [0.05, 0.1) is 0 Å². The van der Waals surface area contributed by atoms with E-state index in [0.29, 0.717) is 11.9 Å². The number of hydrogen-bond acceptors (Lipinski definition) is 5. The van der Waals surface area contributed by atoms with Crippen LogP contribution in [0.3, 0.4) is 0 Å². The smallest absolute Gasteiger partial charge is 0.407 e. The van der Waals surface area contributed by atoms with Crippen LogP contribution in [0.25, 0.3) is 0 Å². The molecule has 130 valence electrons. The van der Waals surface area contributed by atoms with E-state index in [4.69, 9.17) is 4.74 Å². The summed E-state index contributed by atoms with van der Waals surface area (Å²) in [5.74, 6) is 0.676. The monoisotopic (exact) mass is 324 g/mol. The second-order valence-electron chi connectivity index (χ2n) is 6.52. The first-order valence-corrected chi connectivity index (χ1v) is 8.03. The van der Waals surface area contributed by atoms with Crippen molar-refractivity contribution in [2.45, 2.75) is 64.5 Å². The van der Waals surface area contributed by atoms with Gasteiger partial charge in [-0.15, -0.1) is 0 Å². The molecule has 1 heterocycles. The molecule has 1 saturated carbocycles. The van der Waals surface area contributed by atoms with Gasteiger partial charge in [-0.25, -0.2) is 14.6 Å². The van der Waals surface area contributed by atoms with E-state index >= 15 is 0 Å². The van der Waals surface area contributed by atoms with E-state index in [1.54, 1.807) is 13.1 Å². The Balaban J connectivity index is 0.000000253. The zero-order valence-corrected chi connectivity index (χ0v) is 14.4. The molecule has 1 fully saturated rings. The summed E-state index contributed by atoms with van der Waals surface area (Å²) in [5.41, 5.74) is -0.722. The number of alkyl carbamates (subject to hydrolysis) is 1. The van der Waals surface area contributed by atoms with Gasteiger partial charge in [-0.1, -0.05) is 19.3 Å². The fraction of sp³-hybridized carbons (Fsp3) is 0.688. The third-order valence-corrected chi connectivity index (χ3v) is 3.27. The summed E-state index contributed by atoms with van der Waals surface area (Å²) < 4.78 is 5.19. The molecule has 0 aliphatic heterocycles. The van der Waals surface area contributed by atoms with E-state index < -0.39 is 5.60 Å². The van der Waals surface area contributed by atoms with Gasteiger partial charge in [0.15, 0.2) is 0 Å². The highest BCUT2D eigenvalue weighted by molar-refractivity contribution is 5.68. The SMILES string of the molecule is CC(C)(C)OC(=O)NC1CCCCC1.CNc1ccnc(=O)[nH]1. The Hall–Kier alpha value is -2.05. The topological polar surface area (TPSA) is 96.1 Å². The number of aromatic amines is 1. The van der Waals surface area contributed by atoms with Crippen molar-refractivity contribution in [3.05, 3.63) is 22.7 Å². The zero-order valence-electron chi connectivity index (χ0n) is 14.4. The minimum atomic E-state index is -0.390. The second kappa shape index (κ2) is 9.17. The molecule has 0 bridgehead atoms. The molecule has 23 heavy (non-hydrogen) atoms. The number of amides is 1. The molecule has 0 saturated heterocycles. The number of aromatic nitrogens is 2.